The van der Waals surface area contributed by atoms with Crippen LogP contribution in [0.3, 0.4) is 0 Å². The van der Waals surface area contributed by atoms with Gasteiger partial charge in [0.1, 0.15) is 23.1 Å². The van der Waals surface area contributed by atoms with Gasteiger partial charge in [-0.2, -0.15) is 0 Å². The normalized spacial score (nSPS) is 10.4. The Morgan fingerprint density at radius 2 is 1.19 bits per heavy atom. The zero-order valence-corrected chi connectivity index (χ0v) is 24.9. The number of carbonyl (C=O) groups excluding carboxylic acids is 2. The van der Waals surface area contributed by atoms with Gasteiger partial charge in [-0.15, -0.1) is 0 Å². The number of phenolic OH excluding ortho intramolecular Hbond substituents is 2. The van der Waals surface area contributed by atoms with Crippen LogP contribution in [0.5, 0.6) is 23.0 Å². The Morgan fingerprint density at radius 1 is 0.681 bits per heavy atom. The zero-order valence-electron chi connectivity index (χ0n) is 24.9. The van der Waals surface area contributed by atoms with Gasteiger partial charge in [-0.1, -0.05) is 42.5 Å². The van der Waals surface area contributed by atoms with E-state index in [0.29, 0.717) is 11.1 Å². The average molecular weight is 643 g/mol. The second kappa shape index (κ2) is 13.9. The number of ether oxygens (including phenoxy) is 2. The van der Waals surface area contributed by atoms with Crippen molar-refractivity contribution in [1.29, 1.82) is 0 Å². The van der Waals surface area contributed by atoms with Crippen LogP contribution in [0, 0.1) is 0 Å². The van der Waals surface area contributed by atoms with Gasteiger partial charge < -0.3 is 29.9 Å². The summed E-state index contributed by atoms with van der Waals surface area (Å²) in [6, 6.07) is 19.9. The number of hydrogen-bond donors (Lipinski definition) is 4. The van der Waals surface area contributed by atoms with Gasteiger partial charge in [0, 0.05) is 25.2 Å². The maximum atomic E-state index is 12.8. The third-order valence-corrected chi connectivity index (χ3v) is 6.51. The largest absolute Gasteiger partial charge is 0.508 e. The molecule has 240 valence electrons. The van der Waals surface area contributed by atoms with E-state index in [1.54, 1.807) is 36.4 Å². The molecule has 0 unspecified atom stereocenters. The second-order valence-corrected chi connectivity index (χ2v) is 9.63. The van der Waals surface area contributed by atoms with Gasteiger partial charge in [-0.05, 0) is 36.4 Å². The Morgan fingerprint density at radius 3 is 1.68 bits per heavy atom. The molecule has 0 atom stereocenters. The molecule has 15 heteroatoms. The molecular weight excluding hydrogens is 616 g/mol. The highest BCUT2D eigenvalue weighted by Gasteiger charge is 2.26. The third-order valence-electron chi connectivity index (χ3n) is 6.51. The number of benzene rings is 3. The number of esters is 2. The van der Waals surface area contributed by atoms with Crippen LogP contribution < -0.4 is 15.9 Å². The topological polar surface area (TPSA) is 220 Å². The summed E-state index contributed by atoms with van der Waals surface area (Å²) in [4.78, 5) is 67.9. The number of aromatic hydroxyl groups is 3. The molecule has 0 fully saturated rings. The third kappa shape index (κ3) is 7.15. The van der Waals surface area contributed by atoms with Crippen LogP contribution in [-0.2, 0) is 18.8 Å². The first-order chi connectivity index (χ1) is 22.3. The lowest BCUT2D eigenvalue weighted by atomic mass is 10.2. The smallest absolute Gasteiger partial charge is 0.360 e. The first-order valence-electron chi connectivity index (χ1n) is 13.4. The Labute approximate surface area is 264 Å². The van der Waals surface area contributed by atoms with E-state index in [1.165, 1.54) is 56.6 Å². The number of phenols is 2. The molecule has 4 N–H and O–H groups in total. The van der Waals surface area contributed by atoms with Crippen molar-refractivity contribution in [3.8, 4) is 45.8 Å². The highest BCUT2D eigenvalue weighted by molar-refractivity contribution is 5.95. The summed E-state index contributed by atoms with van der Waals surface area (Å²) in [6.45, 7) is 0. The number of rotatable bonds is 6. The SMILES string of the molecule is COC(=O)c1nc(-c2cccc(O)c2)n(C)c(=O)c1OC(=O)c1ccccc1.Cn1c(-c2cccc(O)c2)nc(C(=O)O)c(O)c1=O. The molecule has 2 heterocycles. The van der Waals surface area contributed by atoms with E-state index in [1.807, 2.05) is 0 Å². The minimum absolute atomic E-state index is 0.0362. The van der Waals surface area contributed by atoms with E-state index in [0.717, 1.165) is 16.2 Å². The minimum atomic E-state index is -1.50. The summed E-state index contributed by atoms with van der Waals surface area (Å²) in [5, 5.41) is 37.4. The molecule has 0 aliphatic heterocycles. The summed E-state index contributed by atoms with van der Waals surface area (Å²) in [7, 11) is 3.88. The fraction of sp³-hybridized carbons (Fsp3) is 0.0938. The number of nitrogens with zero attached hydrogens (tertiary/aromatic N) is 4. The Hall–Kier alpha value is -6.77. The molecule has 15 nitrogen and oxygen atoms in total. The van der Waals surface area contributed by atoms with Crippen LogP contribution in [0.2, 0.25) is 0 Å². The highest BCUT2D eigenvalue weighted by Crippen LogP contribution is 2.24. The van der Waals surface area contributed by atoms with Crippen molar-refractivity contribution in [3.63, 3.8) is 0 Å². The van der Waals surface area contributed by atoms with Gasteiger partial charge in [0.15, 0.2) is 11.4 Å². The fourth-order valence-electron chi connectivity index (χ4n) is 4.18. The van der Waals surface area contributed by atoms with Gasteiger partial charge >= 0.3 is 17.9 Å². The monoisotopic (exact) mass is 642 g/mol. The molecule has 0 saturated heterocycles. The maximum absolute atomic E-state index is 12.8. The maximum Gasteiger partial charge on any atom is 0.360 e. The Balaban J connectivity index is 0.000000229. The number of carboxylic acids is 1. The molecule has 0 radical (unpaired) electrons. The molecule has 47 heavy (non-hydrogen) atoms. The van der Waals surface area contributed by atoms with Crippen LogP contribution in [0.4, 0.5) is 0 Å². The van der Waals surface area contributed by atoms with Gasteiger partial charge in [0.05, 0.1) is 12.7 Å². The van der Waals surface area contributed by atoms with E-state index in [2.05, 4.69) is 14.7 Å². The van der Waals surface area contributed by atoms with Gasteiger partial charge in [-0.3, -0.25) is 18.7 Å². The molecule has 5 rings (SSSR count). The number of carbonyl (C=O) groups is 3. The van der Waals surface area contributed by atoms with Gasteiger partial charge in [0.25, 0.3) is 11.1 Å². The molecule has 0 bridgehead atoms. The molecule has 0 amide bonds. The predicted molar refractivity (Wildman–Crippen MR) is 165 cm³/mol. The number of hydrogen-bond acceptors (Lipinski definition) is 12. The lowest BCUT2D eigenvalue weighted by Gasteiger charge is -2.13. The summed E-state index contributed by atoms with van der Waals surface area (Å²) < 4.78 is 12.0. The van der Waals surface area contributed by atoms with Crippen molar-refractivity contribution in [1.82, 2.24) is 19.1 Å². The molecular formula is C32H26N4O11. The number of carboxylic acid groups (broad SMARTS) is 1. The second-order valence-electron chi connectivity index (χ2n) is 9.63. The van der Waals surface area contributed by atoms with Crippen LogP contribution in [0.1, 0.15) is 31.3 Å². The first kappa shape index (κ1) is 33.1. The molecule has 0 aliphatic rings. The van der Waals surface area contributed by atoms with Gasteiger partial charge in [-0.25, -0.2) is 24.4 Å². The van der Waals surface area contributed by atoms with E-state index in [-0.39, 0.29) is 28.7 Å². The number of aromatic carboxylic acids is 1. The predicted octanol–water partition coefficient (Wildman–Crippen LogP) is 2.72. The quantitative estimate of drug-likeness (QED) is 0.196. The van der Waals surface area contributed by atoms with Crippen LogP contribution in [0.15, 0.2) is 88.5 Å². The van der Waals surface area contributed by atoms with Crippen LogP contribution in [0.25, 0.3) is 22.8 Å². The number of aromatic nitrogens is 4. The minimum Gasteiger partial charge on any atom is -0.508 e. The molecule has 2 aromatic heterocycles. The van der Waals surface area contributed by atoms with Gasteiger partial charge in [0.2, 0.25) is 11.5 Å². The van der Waals surface area contributed by atoms with E-state index in [9.17, 15) is 39.3 Å². The summed E-state index contributed by atoms with van der Waals surface area (Å²) in [5.41, 5.74) is -1.82. The summed E-state index contributed by atoms with van der Waals surface area (Å²) in [6.07, 6.45) is 0. The summed E-state index contributed by atoms with van der Waals surface area (Å²) >= 11 is 0. The van der Waals surface area contributed by atoms with Crippen molar-refractivity contribution >= 4 is 17.9 Å². The molecule has 0 saturated carbocycles. The molecule has 0 spiro atoms. The molecule has 0 aliphatic carbocycles. The van der Waals surface area contributed by atoms with E-state index in [4.69, 9.17) is 9.84 Å². The average Bonchev–Trinajstić information content (AvgIpc) is 3.06. The van der Waals surface area contributed by atoms with Crippen LogP contribution in [-0.4, -0.2) is 64.5 Å². The van der Waals surface area contributed by atoms with Crippen molar-refractivity contribution in [2.45, 2.75) is 0 Å². The zero-order chi connectivity index (χ0) is 34.4. The molecule has 5 aromatic rings. The van der Waals surface area contributed by atoms with Crippen LogP contribution >= 0.6 is 0 Å². The fourth-order valence-corrected chi connectivity index (χ4v) is 4.18. The molecule has 3 aromatic carbocycles. The lowest BCUT2D eigenvalue weighted by Crippen LogP contribution is -2.28. The Kier molecular flexibility index (Phi) is 9.80. The van der Waals surface area contributed by atoms with E-state index < -0.39 is 51.9 Å². The Bertz CT molecular complexity index is 2120. The van der Waals surface area contributed by atoms with Crippen molar-refractivity contribution < 1.29 is 44.3 Å². The van der Waals surface area contributed by atoms with Crippen molar-refractivity contribution in [2.24, 2.45) is 14.1 Å². The van der Waals surface area contributed by atoms with E-state index >= 15 is 0 Å². The van der Waals surface area contributed by atoms with Crippen molar-refractivity contribution in [3.05, 3.63) is 117 Å². The highest BCUT2D eigenvalue weighted by atomic mass is 16.5. The summed E-state index contributed by atoms with van der Waals surface area (Å²) in [5.74, 6) is -4.65. The lowest BCUT2D eigenvalue weighted by molar-refractivity contribution is 0.0583. The van der Waals surface area contributed by atoms with Crippen molar-refractivity contribution in [2.75, 3.05) is 7.11 Å². The number of methoxy groups -OCH3 is 1. The standard InChI is InChI=1S/C20H16N2O6.C12H10N2O5/c1-22-17(13-9-6-10-14(23)11-13)21-15(20(26)27-2)16(18(22)24)28-19(25)12-7-4-3-5-8-12;1-14-10(6-3-2-4-7(15)5-6)13-8(12(18)19)9(16)11(14)17/h3-11,23H,1-2H3;2-5,15-16H,1H3,(H,18,19). The first-order valence-corrected chi connectivity index (χ1v) is 13.4.